The molecule has 2 saturated heterocycles. The van der Waals surface area contributed by atoms with Crippen molar-refractivity contribution in [3.8, 4) is 0 Å². The maximum absolute atomic E-state index is 13.6. The van der Waals surface area contributed by atoms with Crippen LogP contribution in [0.1, 0.15) is 40.2 Å². The summed E-state index contributed by atoms with van der Waals surface area (Å²) in [4.78, 5) is 14.4. The van der Waals surface area contributed by atoms with Gasteiger partial charge in [-0.2, -0.15) is 0 Å². The molecular formula is C19H25F2NO4. The molecule has 0 radical (unpaired) electrons. The summed E-state index contributed by atoms with van der Waals surface area (Å²) in [7, 11) is 0. The van der Waals surface area contributed by atoms with Crippen molar-refractivity contribution in [3.05, 3.63) is 35.4 Å². The van der Waals surface area contributed by atoms with Gasteiger partial charge in [-0.15, -0.1) is 0 Å². The first-order valence-electron chi connectivity index (χ1n) is 8.73. The fraction of sp³-hybridized carbons (Fsp3) is 0.632. The summed E-state index contributed by atoms with van der Waals surface area (Å²) in [6, 6.07) is 2.92. The summed E-state index contributed by atoms with van der Waals surface area (Å²) in [6.07, 6.45) is -0.802. The highest BCUT2D eigenvalue weighted by Gasteiger charge is 2.56. The van der Waals surface area contributed by atoms with Crippen molar-refractivity contribution in [2.24, 2.45) is 0 Å². The van der Waals surface area contributed by atoms with Gasteiger partial charge in [0.1, 0.15) is 35.2 Å². The molecule has 0 aliphatic carbocycles. The molecular weight excluding hydrogens is 344 g/mol. The smallest absolute Gasteiger partial charge is 0.412 e. The van der Waals surface area contributed by atoms with E-state index in [1.54, 1.807) is 34.6 Å². The van der Waals surface area contributed by atoms with Gasteiger partial charge in [-0.25, -0.2) is 13.6 Å². The van der Waals surface area contributed by atoms with Crippen molar-refractivity contribution in [2.45, 2.75) is 70.6 Å². The van der Waals surface area contributed by atoms with Crippen LogP contribution in [0.15, 0.2) is 18.2 Å². The van der Waals surface area contributed by atoms with Crippen LogP contribution in [-0.2, 0) is 20.6 Å². The minimum absolute atomic E-state index is 0.134. The molecule has 1 amide bonds. The zero-order valence-electron chi connectivity index (χ0n) is 15.7. The molecule has 0 aromatic heterocycles. The summed E-state index contributed by atoms with van der Waals surface area (Å²) in [5.74, 6) is -1.30. The molecule has 7 heteroatoms. The lowest BCUT2D eigenvalue weighted by Gasteiger charge is -2.35. The van der Waals surface area contributed by atoms with Crippen LogP contribution in [-0.4, -0.2) is 47.2 Å². The van der Waals surface area contributed by atoms with Crippen LogP contribution in [0, 0.1) is 11.6 Å². The van der Waals surface area contributed by atoms with Crippen molar-refractivity contribution in [1.82, 2.24) is 4.90 Å². The van der Waals surface area contributed by atoms with Crippen LogP contribution in [0.3, 0.4) is 0 Å². The lowest BCUT2D eigenvalue weighted by Crippen LogP contribution is -2.51. The highest BCUT2D eigenvalue weighted by atomic mass is 19.1. The van der Waals surface area contributed by atoms with Gasteiger partial charge in [0, 0.05) is 6.07 Å². The van der Waals surface area contributed by atoms with Crippen molar-refractivity contribution in [1.29, 1.82) is 0 Å². The summed E-state index contributed by atoms with van der Waals surface area (Å²) in [5, 5.41) is 0. The molecule has 3 rings (SSSR count). The van der Waals surface area contributed by atoms with Crippen molar-refractivity contribution >= 4 is 6.09 Å². The summed E-state index contributed by atoms with van der Waals surface area (Å²) >= 11 is 0. The predicted molar refractivity (Wildman–Crippen MR) is 90.6 cm³/mol. The topological polar surface area (TPSA) is 51.3 Å². The average Bonchev–Trinajstić information content (AvgIpc) is 3.21. The van der Waals surface area contributed by atoms with E-state index >= 15 is 0 Å². The molecule has 0 bridgehead atoms. The molecule has 3 atom stereocenters. The molecule has 0 saturated carbocycles. The number of nitrogens with zero attached hydrogens (tertiary/aromatic N) is 1. The molecule has 5 nitrogen and oxygen atoms in total. The Morgan fingerprint density at radius 3 is 2.35 bits per heavy atom. The van der Waals surface area contributed by atoms with E-state index in [1.165, 1.54) is 17.0 Å². The second-order valence-electron chi connectivity index (χ2n) is 8.30. The molecule has 26 heavy (non-hydrogen) atoms. The van der Waals surface area contributed by atoms with Gasteiger partial charge < -0.3 is 14.2 Å². The number of amides is 1. The van der Waals surface area contributed by atoms with Crippen LogP contribution in [0.5, 0.6) is 0 Å². The predicted octanol–water partition coefficient (Wildman–Crippen LogP) is 3.65. The maximum Gasteiger partial charge on any atom is 0.412 e. The molecule has 1 aromatic carbocycles. The van der Waals surface area contributed by atoms with E-state index < -0.39 is 35.1 Å². The van der Waals surface area contributed by atoms with E-state index in [-0.39, 0.29) is 18.6 Å². The van der Waals surface area contributed by atoms with Crippen LogP contribution >= 0.6 is 0 Å². The van der Waals surface area contributed by atoms with Crippen LogP contribution in [0.4, 0.5) is 13.6 Å². The van der Waals surface area contributed by atoms with Gasteiger partial charge in [0.25, 0.3) is 0 Å². The lowest BCUT2D eigenvalue weighted by atomic mass is 9.98. The SMILES string of the molecule is CC(C)(C)OC(=O)N1[C@@H](Cc2cc(F)cc(F)c2)[C@@H]([C@@H]2CO2)OC1(C)C. The summed E-state index contributed by atoms with van der Waals surface area (Å²) in [6.45, 7) is 9.45. The minimum Gasteiger partial charge on any atom is -0.444 e. The molecule has 0 N–H and O–H groups in total. The monoisotopic (exact) mass is 369 g/mol. The third kappa shape index (κ3) is 4.15. The summed E-state index contributed by atoms with van der Waals surface area (Å²) < 4.78 is 44.2. The van der Waals surface area contributed by atoms with Crippen LogP contribution in [0.25, 0.3) is 0 Å². The van der Waals surface area contributed by atoms with Crippen LogP contribution in [0.2, 0.25) is 0 Å². The Balaban J connectivity index is 1.91. The molecule has 2 heterocycles. The molecule has 0 unspecified atom stereocenters. The van der Waals surface area contributed by atoms with Gasteiger partial charge in [0.15, 0.2) is 0 Å². The lowest BCUT2D eigenvalue weighted by molar-refractivity contribution is -0.0825. The number of benzene rings is 1. The zero-order valence-corrected chi connectivity index (χ0v) is 15.7. The van der Waals surface area contributed by atoms with Gasteiger partial charge in [0.2, 0.25) is 0 Å². The number of halogens is 2. The number of carbonyl (C=O) groups excluding carboxylic acids is 1. The Morgan fingerprint density at radius 2 is 1.85 bits per heavy atom. The molecule has 144 valence electrons. The first kappa shape index (κ1) is 19.0. The number of rotatable bonds is 3. The normalized spacial score (nSPS) is 27.5. The Hall–Kier alpha value is -1.73. The standard InChI is InChI=1S/C19H25F2NO4/c1-18(2,3)26-17(23)22-14(8-11-6-12(20)9-13(21)7-11)16(15-10-24-15)25-19(22,4)5/h6-7,9,14-16H,8,10H2,1-5H3/t14-,15-,16-/m0/s1. The number of hydrogen-bond acceptors (Lipinski definition) is 4. The fourth-order valence-electron chi connectivity index (χ4n) is 3.43. The number of epoxide rings is 1. The van der Waals surface area contributed by atoms with E-state index in [0.717, 1.165) is 6.07 Å². The van der Waals surface area contributed by atoms with Gasteiger partial charge >= 0.3 is 6.09 Å². The average molecular weight is 369 g/mol. The third-order valence-corrected chi connectivity index (χ3v) is 4.40. The van der Waals surface area contributed by atoms with Crippen molar-refractivity contribution in [2.75, 3.05) is 6.61 Å². The van der Waals surface area contributed by atoms with E-state index in [4.69, 9.17) is 14.2 Å². The highest BCUT2D eigenvalue weighted by molar-refractivity contribution is 5.70. The number of carbonyl (C=O) groups is 1. The van der Waals surface area contributed by atoms with E-state index in [2.05, 4.69) is 0 Å². The maximum atomic E-state index is 13.6. The van der Waals surface area contributed by atoms with Crippen molar-refractivity contribution in [3.63, 3.8) is 0 Å². The fourth-order valence-corrected chi connectivity index (χ4v) is 3.43. The van der Waals surface area contributed by atoms with Crippen LogP contribution < -0.4 is 0 Å². The van der Waals surface area contributed by atoms with Gasteiger partial charge in [-0.3, -0.25) is 4.90 Å². The Labute approximate surface area is 152 Å². The molecule has 0 spiro atoms. The number of ether oxygens (including phenoxy) is 3. The first-order chi connectivity index (χ1) is 12.0. The quantitative estimate of drug-likeness (QED) is 0.764. The number of hydrogen-bond donors (Lipinski definition) is 0. The Morgan fingerprint density at radius 1 is 1.27 bits per heavy atom. The second-order valence-corrected chi connectivity index (χ2v) is 8.30. The summed E-state index contributed by atoms with van der Waals surface area (Å²) in [5.41, 5.74) is -1.14. The first-order valence-corrected chi connectivity index (χ1v) is 8.73. The Kier molecular flexibility index (Phi) is 4.73. The van der Waals surface area contributed by atoms with E-state index in [0.29, 0.717) is 12.2 Å². The minimum atomic E-state index is -0.921. The molecule has 2 aliphatic heterocycles. The van der Waals surface area contributed by atoms with E-state index in [9.17, 15) is 13.6 Å². The van der Waals surface area contributed by atoms with E-state index in [1.807, 2.05) is 0 Å². The third-order valence-electron chi connectivity index (χ3n) is 4.40. The molecule has 1 aromatic rings. The largest absolute Gasteiger partial charge is 0.444 e. The second kappa shape index (κ2) is 6.46. The van der Waals surface area contributed by atoms with Gasteiger partial charge in [-0.1, -0.05) is 0 Å². The van der Waals surface area contributed by atoms with Gasteiger partial charge in [0.05, 0.1) is 12.6 Å². The van der Waals surface area contributed by atoms with Gasteiger partial charge in [-0.05, 0) is 58.7 Å². The van der Waals surface area contributed by atoms with Crippen molar-refractivity contribution < 1.29 is 27.8 Å². The Bertz CT molecular complexity index is 677. The highest BCUT2D eigenvalue weighted by Crippen LogP contribution is 2.39. The zero-order chi connectivity index (χ0) is 19.3. The molecule has 2 aliphatic rings. The molecule has 2 fully saturated rings.